The van der Waals surface area contributed by atoms with Gasteiger partial charge in [-0.3, -0.25) is 4.28 Å². The average Bonchev–Trinajstić information content (AvgIpc) is 2.60. The van der Waals surface area contributed by atoms with Crippen LogP contribution in [0.15, 0.2) is 65.2 Å². The highest BCUT2D eigenvalue weighted by Crippen LogP contribution is 2.22. The van der Waals surface area contributed by atoms with Gasteiger partial charge in [0.2, 0.25) is 0 Å². The van der Waals surface area contributed by atoms with Gasteiger partial charge in [0.1, 0.15) is 4.90 Å². The lowest BCUT2D eigenvalue weighted by Crippen LogP contribution is -2.13. The van der Waals surface area contributed by atoms with E-state index in [1.165, 1.54) is 17.7 Å². The van der Waals surface area contributed by atoms with E-state index in [9.17, 15) is 8.42 Å². The van der Waals surface area contributed by atoms with Gasteiger partial charge in [0.05, 0.1) is 5.71 Å². The molecule has 5 heteroatoms. The highest BCUT2D eigenvalue weighted by atomic mass is 32.2. The summed E-state index contributed by atoms with van der Waals surface area (Å²) in [5, 5.41) is 3.92. The Morgan fingerprint density at radius 2 is 1.78 bits per heavy atom. The molecule has 2 aromatic rings. The van der Waals surface area contributed by atoms with Crippen LogP contribution in [0.2, 0.25) is 0 Å². The summed E-state index contributed by atoms with van der Waals surface area (Å²) < 4.78 is 29.4. The molecule has 0 heterocycles. The average molecular weight is 327 g/mol. The number of hydrogen-bond donors (Lipinski definition) is 0. The van der Waals surface area contributed by atoms with Gasteiger partial charge >= 0.3 is 10.1 Å². The Balaban J connectivity index is 1.85. The van der Waals surface area contributed by atoms with Crippen LogP contribution in [0.5, 0.6) is 0 Å². The van der Waals surface area contributed by atoms with Crippen LogP contribution < -0.4 is 0 Å². The molecule has 0 aromatic heterocycles. The van der Waals surface area contributed by atoms with Crippen LogP contribution in [-0.2, 0) is 20.8 Å². The van der Waals surface area contributed by atoms with Crippen molar-refractivity contribution in [3.05, 3.63) is 71.8 Å². The molecule has 0 amide bonds. The lowest BCUT2D eigenvalue weighted by Gasteiger charge is -2.16. The van der Waals surface area contributed by atoms with Crippen molar-refractivity contribution in [2.24, 2.45) is 5.16 Å². The van der Waals surface area contributed by atoms with Gasteiger partial charge in [0.25, 0.3) is 0 Å². The Bertz CT molecular complexity index is 852. The highest BCUT2D eigenvalue weighted by Gasteiger charge is 2.19. The predicted octanol–water partition coefficient (Wildman–Crippen LogP) is 3.78. The topological polar surface area (TPSA) is 55.7 Å². The lowest BCUT2D eigenvalue weighted by atomic mass is 9.90. The lowest BCUT2D eigenvalue weighted by molar-refractivity contribution is 0.337. The molecule has 118 valence electrons. The van der Waals surface area contributed by atoms with Crippen LogP contribution >= 0.6 is 0 Å². The number of aryl methyl sites for hydroxylation is 1. The summed E-state index contributed by atoms with van der Waals surface area (Å²) >= 11 is 0. The van der Waals surface area contributed by atoms with Gasteiger partial charge in [-0.2, -0.15) is 8.42 Å². The minimum absolute atomic E-state index is 0.0801. The molecule has 4 nitrogen and oxygen atoms in total. The molecule has 2 aromatic carbocycles. The van der Waals surface area contributed by atoms with E-state index in [4.69, 9.17) is 4.28 Å². The molecule has 1 aliphatic rings. The quantitative estimate of drug-likeness (QED) is 0.803. The van der Waals surface area contributed by atoms with Gasteiger partial charge in [-0.15, -0.1) is 0 Å². The summed E-state index contributed by atoms with van der Waals surface area (Å²) in [4.78, 5) is 0.0801. The fourth-order valence-electron chi connectivity index (χ4n) is 2.60. The van der Waals surface area contributed by atoms with Crippen molar-refractivity contribution in [1.29, 1.82) is 0 Å². The normalized spacial score (nSPS) is 15.9. The molecule has 0 aliphatic heterocycles. The van der Waals surface area contributed by atoms with Crippen LogP contribution in [0.3, 0.4) is 0 Å². The standard InChI is InChI=1S/C18H17NO3S/c1-2-14-10-12-16(13-11-14)23(20,21)22-19-18-9-5-7-15-6-3-4-8-17(15)18/h2-4,6,8,10-13H,1,5,7,9H2. The molecule has 0 radical (unpaired) electrons. The van der Waals surface area contributed by atoms with Crippen molar-refractivity contribution >= 4 is 21.9 Å². The monoisotopic (exact) mass is 327 g/mol. The van der Waals surface area contributed by atoms with Gasteiger partial charge in [0, 0.05) is 5.56 Å². The molecular weight excluding hydrogens is 310 g/mol. The van der Waals surface area contributed by atoms with Crippen LogP contribution in [0.4, 0.5) is 0 Å². The number of hydrogen-bond acceptors (Lipinski definition) is 4. The first-order valence-corrected chi connectivity index (χ1v) is 8.82. The molecule has 0 N–H and O–H groups in total. The first-order chi connectivity index (χ1) is 11.1. The summed E-state index contributed by atoms with van der Waals surface area (Å²) in [6.45, 7) is 3.64. The smallest absolute Gasteiger partial charge is 0.264 e. The maximum absolute atomic E-state index is 12.2. The zero-order chi connectivity index (χ0) is 16.3. The third-order valence-electron chi connectivity index (χ3n) is 3.84. The van der Waals surface area contributed by atoms with Crippen LogP contribution in [0.1, 0.15) is 29.5 Å². The van der Waals surface area contributed by atoms with Crippen LogP contribution in [0, 0.1) is 0 Å². The van der Waals surface area contributed by atoms with E-state index in [0.717, 1.165) is 24.0 Å². The first kappa shape index (κ1) is 15.5. The van der Waals surface area contributed by atoms with Crippen LogP contribution in [-0.4, -0.2) is 14.1 Å². The Labute approximate surface area is 136 Å². The number of benzene rings is 2. The Morgan fingerprint density at radius 3 is 2.52 bits per heavy atom. The number of fused-ring (bicyclic) bond motifs is 1. The fraction of sp³-hybridized carbons (Fsp3) is 0.167. The van der Waals surface area contributed by atoms with E-state index in [-0.39, 0.29) is 4.90 Å². The second-order valence-corrected chi connectivity index (χ2v) is 6.88. The Kier molecular flexibility index (Phi) is 4.30. The Morgan fingerprint density at radius 1 is 1.04 bits per heavy atom. The van der Waals surface area contributed by atoms with E-state index in [1.807, 2.05) is 24.3 Å². The summed E-state index contributed by atoms with van der Waals surface area (Å²) in [6, 6.07) is 14.2. The van der Waals surface area contributed by atoms with Crippen molar-refractivity contribution in [1.82, 2.24) is 0 Å². The van der Waals surface area contributed by atoms with Gasteiger partial charge in [-0.05, 0) is 42.5 Å². The molecule has 0 saturated heterocycles. The molecule has 0 fully saturated rings. The van der Waals surface area contributed by atoms with Crippen molar-refractivity contribution < 1.29 is 12.7 Å². The SMILES string of the molecule is C=Cc1ccc(S(=O)(=O)ON=C2CCCc3ccccc32)cc1. The minimum Gasteiger partial charge on any atom is -0.264 e. The van der Waals surface area contributed by atoms with E-state index >= 15 is 0 Å². The van der Waals surface area contributed by atoms with E-state index < -0.39 is 10.1 Å². The molecule has 0 bridgehead atoms. The molecule has 0 saturated carbocycles. The number of rotatable bonds is 4. The van der Waals surface area contributed by atoms with Crippen LogP contribution in [0.25, 0.3) is 6.08 Å². The zero-order valence-electron chi connectivity index (χ0n) is 12.6. The van der Waals surface area contributed by atoms with Crippen molar-refractivity contribution in [2.75, 3.05) is 0 Å². The molecule has 3 rings (SSSR count). The third kappa shape index (κ3) is 3.35. The van der Waals surface area contributed by atoms with Gasteiger partial charge in [-0.1, -0.05) is 54.2 Å². The number of oxime groups is 1. The molecule has 0 spiro atoms. The largest absolute Gasteiger partial charge is 0.358 e. The molecule has 23 heavy (non-hydrogen) atoms. The molecule has 0 unspecified atom stereocenters. The number of nitrogens with zero attached hydrogens (tertiary/aromatic N) is 1. The summed E-state index contributed by atoms with van der Waals surface area (Å²) in [5.74, 6) is 0. The van der Waals surface area contributed by atoms with Crippen molar-refractivity contribution in [3.8, 4) is 0 Å². The van der Waals surface area contributed by atoms with E-state index in [0.29, 0.717) is 12.1 Å². The van der Waals surface area contributed by atoms with Gasteiger partial charge in [-0.25, -0.2) is 0 Å². The predicted molar refractivity (Wildman–Crippen MR) is 90.7 cm³/mol. The molecule has 0 atom stereocenters. The summed E-state index contributed by atoms with van der Waals surface area (Å²) in [6.07, 6.45) is 4.27. The zero-order valence-corrected chi connectivity index (χ0v) is 13.4. The summed E-state index contributed by atoms with van der Waals surface area (Å²) in [7, 11) is -3.91. The van der Waals surface area contributed by atoms with Gasteiger partial charge < -0.3 is 0 Å². The Hall–Kier alpha value is -2.40. The van der Waals surface area contributed by atoms with Gasteiger partial charge in [0.15, 0.2) is 0 Å². The van der Waals surface area contributed by atoms with E-state index in [1.54, 1.807) is 18.2 Å². The maximum Gasteiger partial charge on any atom is 0.358 e. The third-order valence-corrected chi connectivity index (χ3v) is 4.96. The summed E-state index contributed by atoms with van der Waals surface area (Å²) in [5.41, 5.74) is 3.67. The highest BCUT2D eigenvalue weighted by molar-refractivity contribution is 7.86. The molecule has 1 aliphatic carbocycles. The molecular formula is C18H17NO3S. The van der Waals surface area contributed by atoms with E-state index in [2.05, 4.69) is 11.7 Å². The minimum atomic E-state index is -3.91. The van der Waals surface area contributed by atoms with Crippen molar-refractivity contribution in [2.45, 2.75) is 24.2 Å². The second kappa shape index (κ2) is 6.38. The maximum atomic E-state index is 12.2. The fourth-order valence-corrected chi connectivity index (χ4v) is 3.35. The first-order valence-electron chi connectivity index (χ1n) is 7.41. The second-order valence-electron chi connectivity index (χ2n) is 5.35. The van der Waals surface area contributed by atoms with Crippen molar-refractivity contribution in [3.63, 3.8) is 0 Å².